The molecule has 0 aliphatic carbocycles. The highest BCUT2D eigenvalue weighted by Crippen LogP contribution is 2.30. The molecule has 1 atom stereocenters. The predicted octanol–water partition coefficient (Wildman–Crippen LogP) is 1.99. The number of nitrogens with one attached hydrogen (secondary N) is 1. The SMILES string of the molecule is O=C(CN1C(=O)CCOc2ccccc21)N[C@H](CN1CCOCC1)c1ccccc1. The molecule has 7 nitrogen and oxygen atoms in total. The summed E-state index contributed by atoms with van der Waals surface area (Å²) in [5.74, 6) is 0.325. The summed E-state index contributed by atoms with van der Waals surface area (Å²) < 4.78 is 11.1. The number of amides is 2. The number of hydrogen-bond acceptors (Lipinski definition) is 5. The first-order valence-corrected chi connectivity index (χ1v) is 10.4. The quantitative estimate of drug-likeness (QED) is 0.790. The largest absolute Gasteiger partial charge is 0.491 e. The molecular weight excluding hydrogens is 382 g/mol. The van der Waals surface area contributed by atoms with Crippen molar-refractivity contribution in [2.45, 2.75) is 12.5 Å². The van der Waals surface area contributed by atoms with Crippen LogP contribution in [0.15, 0.2) is 54.6 Å². The zero-order valence-corrected chi connectivity index (χ0v) is 17.0. The van der Waals surface area contributed by atoms with Gasteiger partial charge in [-0.1, -0.05) is 42.5 Å². The number of ether oxygens (including phenoxy) is 2. The van der Waals surface area contributed by atoms with Crippen LogP contribution in [-0.4, -0.2) is 62.7 Å². The van der Waals surface area contributed by atoms with E-state index in [0.717, 1.165) is 18.7 Å². The minimum Gasteiger partial charge on any atom is -0.491 e. The summed E-state index contributed by atoms with van der Waals surface area (Å²) in [5.41, 5.74) is 1.68. The van der Waals surface area contributed by atoms with Crippen LogP contribution >= 0.6 is 0 Å². The number of benzene rings is 2. The fourth-order valence-electron chi connectivity index (χ4n) is 3.84. The van der Waals surface area contributed by atoms with Crippen LogP contribution in [-0.2, 0) is 14.3 Å². The van der Waals surface area contributed by atoms with Gasteiger partial charge in [-0.2, -0.15) is 0 Å². The Bertz CT molecular complexity index is 868. The Labute approximate surface area is 176 Å². The van der Waals surface area contributed by atoms with Gasteiger partial charge in [0, 0.05) is 19.6 Å². The fourth-order valence-corrected chi connectivity index (χ4v) is 3.84. The molecule has 2 aliphatic rings. The normalized spacial score (nSPS) is 18.1. The first-order valence-electron chi connectivity index (χ1n) is 10.4. The van der Waals surface area contributed by atoms with Crippen molar-refractivity contribution < 1.29 is 19.1 Å². The third kappa shape index (κ3) is 4.98. The maximum Gasteiger partial charge on any atom is 0.240 e. The smallest absolute Gasteiger partial charge is 0.240 e. The van der Waals surface area contributed by atoms with Crippen LogP contribution in [0.4, 0.5) is 5.69 Å². The maximum absolute atomic E-state index is 13.0. The van der Waals surface area contributed by atoms with Crippen LogP contribution in [0.1, 0.15) is 18.0 Å². The highest BCUT2D eigenvalue weighted by Gasteiger charge is 2.27. The second-order valence-electron chi connectivity index (χ2n) is 7.49. The van der Waals surface area contributed by atoms with Crippen LogP contribution in [0, 0.1) is 0 Å². The molecule has 2 aromatic carbocycles. The van der Waals surface area contributed by atoms with E-state index in [4.69, 9.17) is 9.47 Å². The third-order valence-corrected chi connectivity index (χ3v) is 5.41. The highest BCUT2D eigenvalue weighted by atomic mass is 16.5. The van der Waals surface area contributed by atoms with E-state index in [1.54, 1.807) is 0 Å². The first kappa shape index (κ1) is 20.4. The number of anilines is 1. The first-order chi connectivity index (χ1) is 14.7. The third-order valence-electron chi connectivity index (χ3n) is 5.41. The average Bonchev–Trinajstić information content (AvgIpc) is 2.93. The molecule has 0 radical (unpaired) electrons. The number of carbonyl (C=O) groups is 2. The van der Waals surface area contributed by atoms with Crippen LogP contribution in [0.5, 0.6) is 5.75 Å². The molecular formula is C23H27N3O4. The molecule has 158 valence electrons. The molecule has 1 saturated heterocycles. The molecule has 2 aromatic rings. The van der Waals surface area contributed by atoms with Gasteiger partial charge in [-0.05, 0) is 17.7 Å². The molecule has 1 N–H and O–H groups in total. The topological polar surface area (TPSA) is 71.1 Å². The molecule has 2 aliphatic heterocycles. The Morgan fingerprint density at radius 2 is 1.73 bits per heavy atom. The number of nitrogens with zero attached hydrogens (tertiary/aromatic N) is 2. The van der Waals surface area contributed by atoms with E-state index in [0.29, 0.717) is 37.8 Å². The van der Waals surface area contributed by atoms with E-state index < -0.39 is 0 Å². The molecule has 0 saturated carbocycles. The van der Waals surface area contributed by atoms with Crippen molar-refractivity contribution in [1.29, 1.82) is 0 Å². The fraction of sp³-hybridized carbons (Fsp3) is 0.391. The van der Waals surface area contributed by atoms with Gasteiger partial charge in [0.25, 0.3) is 0 Å². The van der Waals surface area contributed by atoms with E-state index >= 15 is 0 Å². The van der Waals surface area contributed by atoms with E-state index in [2.05, 4.69) is 10.2 Å². The molecule has 1 fully saturated rings. The van der Waals surface area contributed by atoms with Gasteiger partial charge in [0.15, 0.2) is 0 Å². The van der Waals surface area contributed by atoms with Gasteiger partial charge in [-0.15, -0.1) is 0 Å². The van der Waals surface area contributed by atoms with E-state index in [1.165, 1.54) is 4.90 Å². The second-order valence-corrected chi connectivity index (χ2v) is 7.49. The standard InChI is InChI=1S/C23H27N3O4/c27-22(17-26-20-8-4-5-9-21(20)30-13-10-23(26)28)24-19(18-6-2-1-3-7-18)16-25-11-14-29-15-12-25/h1-9,19H,10-17H2,(H,24,27)/t19-/m1/s1. The summed E-state index contributed by atoms with van der Waals surface area (Å²) in [6, 6.07) is 17.1. The van der Waals surface area contributed by atoms with Gasteiger partial charge in [-0.25, -0.2) is 0 Å². The van der Waals surface area contributed by atoms with E-state index in [9.17, 15) is 9.59 Å². The van der Waals surface area contributed by atoms with Crippen LogP contribution in [0.3, 0.4) is 0 Å². The maximum atomic E-state index is 13.0. The van der Waals surface area contributed by atoms with E-state index in [-0.39, 0.29) is 30.8 Å². The van der Waals surface area contributed by atoms with E-state index in [1.807, 2.05) is 54.6 Å². The Morgan fingerprint density at radius 1 is 1.00 bits per heavy atom. The lowest BCUT2D eigenvalue weighted by Crippen LogP contribution is -2.46. The molecule has 30 heavy (non-hydrogen) atoms. The summed E-state index contributed by atoms with van der Waals surface area (Å²) in [7, 11) is 0. The molecule has 0 bridgehead atoms. The summed E-state index contributed by atoms with van der Waals surface area (Å²) in [6.07, 6.45) is 0.248. The van der Waals surface area contributed by atoms with Gasteiger partial charge in [0.1, 0.15) is 12.3 Å². The minimum absolute atomic E-state index is 0.0361. The number of para-hydroxylation sites is 2. The molecule has 2 heterocycles. The Hall–Kier alpha value is -2.90. The van der Waals surface area contributed by atoms with Crippen molar-refractivity contribution >= 4 is 17.5 Å². The Kier molecular flexibility index (Phi) is 6.61. The van der Waals surface area contributed by atoms with Gasteiger partial charge >= 0.3 is 0 Å². The summed E-state index contributed by atoms with van der Waals surface area (Å²) in [5, 5.41) is 3.14. The lowest BCUT2D eigenvalue weighted by Gasteiger charge is -2.31. The van der Waals surface area contributed by atoms with Gasteiger partial charge in [0.2, 0.25) is 11.8 Å². The van der Waals surface area contributed by atoms with Crippen molar-refractivity contribution in [3.63, 3.8) is 0 Å². The lowest BCUT2D eigenvalue weighted by atomic mass is 10.1. The van der Waals surface area contributed by atoms with Crippen LogP contribution < -0.4 is 15.0 Å². The number of rotatable bonds is 6. The van der Waals surface area contributed by atoms with Gasteiger partial charge < -0.3 is 14.8 Å². The molecule has 0 aromatic heterocycles. The molecule has 0 spiro atoms. The monoisotopic (exact) mass is 409 g/mol. The summed E-state index contributed by atoms with van der Waals surface area (Å²) >= 11 is 0. The van der Waals surface area contributed by atoms with Crippen molar-refractivity contribution in [2.75, 3.05) is 50.9 Å². The highest BCUT2D eigenvalue weighted by molar-refractivity contribution is 6.00. The predicted molar refractivity (Wildman–Crippen MR) is 113 cm³/mol. The molecule has 0 unspecified atom stereocenters. The van der Waals surface area contributed by atoms with Gasteiger partial charge in [0.05, 0.1) is 38.0 Å². The summed E-state index contributed by atoms with van der Waals surface area (Å²) in [6.45, 7) is 4.07. The van der Waals surface area contributed by atoms with Crippen molar-refractivity contribution in [2.24, 2.45) is 0 Å². The van der Waals surface area contributed by atoms with Crippen LogP contribution in [0.2, 0.25) is 0 Å². The Balaban J connectivity index is 1.49. The Morgan fingerprint density at radius 3 is 2.53 bits per heavy atom. The van der Waals surface area contributed by atoms with Crippen molar-refractivity contribution in [3.8, 4) is 5.75 Å². The van der Waals surface area contributed by atoms with Crippen molar-refractivity contribution in [1.82, 2.24) is 10.2 Å². The number of hydrogen-bond donors (Lipinski definition) is 1. The molecule has 2 amide bonds. The second kappa shape index (κ2) is 9.73. The number of carbonyl (C=O) groups excluding carboxylic acids is 2. The average molecular weight is 409 g/mol. The van der Waals surface area contributed by atoms with Gasteiger partial charge in [-0.3, -0.25) is 19.4 Å². The molecule has 7 heteroatoms. The number of morpholine rings is 1. The number of fused-ring (bicyclic) bond motifs is 1. The summed E-state index contributed by atoms with van der Waals surface area (Å²) in [4.78, 5) is 29.5. The van der Waals surface area contributed by atoms with Crippen LogP contribution in [0.25, 0.3) is 0 Å². The zero-order valence-electron chi connectivity index (χ0n) is 17.0. The lowest BCUT2D eigenvalue weighted by molar-refractivity contribution is -0.124. The van der Waals surface area contributed by atoms with Crippen molar-refractivity contribution in [3.05, 3.63) is 60.2 Å². The minimum atomic E-state index is -0.192. The molecule has 4 rings (SSSR count). The zero-order chi connectivity index (χ0) is 20.8.